The molecule has 2 heterocycles. The number of carbonyl (C=O) groups is 1. The van der Waals surface area contributed by atoms with Crippen molar-refractivity contribution in [3.8, 4) is 0 Å². The summed E-state index contributed by atoms with van der Waals surface area (Å²) in [5, 5.41) is 1.07. The summed E-state index contributed by atoms with van der Waals surface area (Å²) in [5.41, 5.74) is 1.05. The topological polar surface area (TPSA) is 33.2 Å². The van der Waals surface area contributed by atoms with Gasteiger partial charge >= 0.3 is 0 Å². The molecule has 16 heavy (non-hydrogen) atoms. The van der Waals surface area contributed by atoms with Crippen molar-refractivity contribution in [2.75, 3.05) is 6.54 Å². The number of aryl methyl sites for hydroxylation is 2. The van der Waals surface area contributed by atoms with Gasteiger partial charge in [0, 0.05) is 23.8 Å². The molecule has 1 aromatic heterocycles. The summed E-state index contributed by atoms with van der Waals surface area (Å²) in [6.07, 6.45) is 2.49. The highest BCUT2D eigenvalue weighted by Crippen LogP contribution is 2.24. The van der Waals surface area contributed by atoms with Gasteiger partial charge in [0.1, 0.15) is 0 Å². The van der Waals surface area contributed by atoms with Gasteiger partial charge in [-0.15, -0.1) is 17.9 Å². The van der Waals surface area contributed by atoms with Crippen molar-refractivity contribution >= 4 is 17.2 Å². The van der Waals surface area contributed by atoms with E-state index >= 15 is 0 Å². The molecule has 0 aliphatic carbocycles. The lowest BCUT2D eigenvalue weighted by atomic mass is 10.1. The molecule has 1 aliphatic heterocycles. The zero-order valence-corrected chi connectivity index (χ0v) is 10.5. The van der Waals surface area contributed by atoms with Crippen LogP contribution >= 0.6 is 11.3 Å². The van der Waals surface area contributed by atoms with Crippen molar-refractivity contribution in [2.45, 2.75) is 26.8 Å². The number of amides is 1. The van der Waals surface area contributed by atoms with E-state index in [0.29, 0.717) is 18.9 Å². The lowest BCUT2D eigenvalue weighted by molar-refractivity contribution is -0.128. The molecule has 0 spiro atoms. The minimum Gasteiger partial charge on any atom is -0.337 e. The Morgan fingerprint density at radius 1 is 1.62 bits per heavy atom. The molecular weight excluding hydrogens is 220 g/mol. The molecule has 3 nitrogen and oxygen atoms in total. The molecule has 0 saturated carbocycles. The van der Waals surface area contributed by atoms with Crippen LogP contribution < -0.4 is 0 Å². The number of rotatable bonds is 3. The summed E-state index contributed by atoms with van der Waals surface area (Å²) in [7, 11) is 0. The zero-order valence-electron chi connectivity index (χ0n) is 9.69. The lowest BCUT2D eigenvalue weighted by Gasteiger charge is -2.14. The minimum absolute atomic E-state index is 0.232. The van der Waals surface area contributed by atoms with E-state index in [0.717, 1.165) is 17.2 Å². The summed E-state index contributed by atoms with van der Waals surface area (Å²) in [6.45, 7) is 9.27. The molecule has 0 bridgehead atoms. The highest BCUT2D eigenvalue weighted by Gasteiger charge is 2.28. The maximum Gasteiger partial charge on any atom is 0.223 e. The van der Waals surface area contributed by atoms with Gasteiger partial charge in [0.05, 0.1) is 17.2 Å². The number of hydrogen-bond donors (Lipinski definition) is 0. The average Bonchev–Trinajstić information content (AvgIpc) is 2.72. The normalized spacial score (nSPS) is 20.5. The second kappa shape index (κ2) is 4.37. The van der Waals surface area contributed by atoms with Crippen molar-refractivity contribution in [2.24, 2.45) is 5.92 Å². The molecule has 1 fully saturated rings. The Kier molecular flexibility index (Phi) is 3.10. The number of likely N-dealkylation sites (tertiary alicyclic amines) is 1. The summed E-state index contributed by atoms with van der Waals surface area (Å²) in [5.74, 6) is 0.553. The third-order valence-corrected chi connectivity index (χ3v) is 3.97. The van der Waals surface area contributed by atoms with E-state index in [2.05, 4.69) is 11.6 Å². The Balaban J connectivity index is 2.08. The molecule has 0 aromatic carbocycles. The molecule has 1 saturated heterocycles. The van der Waals surface area contributed by atoms with Crippen LogP contribution in [0.15, 0.2) is 12.7 Å². The fourth-order valence-corrected chi connectivity index (χ4v) is 2.96. The van der Waals surface area contributed by atoms with E-state index in [1.807, 2.05) is 24.8 Å². The van der Waals surface area contributed by atoms with E-state index in [4.69, 9.17) is 0 Å². The van der Waals surface area contributed by atoms with Gasteiger partial charge < -0.3 is 4.90 Å². The largest absolute Gasteiger partial charge is 0.337 e. The van der Waals surface area contributed by atoms with Crippen molar-refractivity contribution in [3.63, 3.8) is 0 Å². The fourth-order valence-electron chi connectivity index (χ4n) is 2.01. The van der Waals surface area contributed by atoms with Crippen LogP contribution in [0.3, 0.4) is 0 Å². The van der Waals surface area contributed by atoms with Gasteiger partial charge in [0.2, 0.25) is 5.91 Å². The van der Waals surface area contributed by atoms with Crippen LogP contribution in [-0.4, -0.2) is 22.3 Å². The van der Waals surface area contributed by atoms with Crippen LogP contribution in [0.2, 0.25) is 0 Å². The minimum atomic E-state index is 0.232. The number of thiazole rings is 1. The maximum atomic E-state index is 11.7. The first kappa shape index (κ1) is 11.3. The Hall–Kier alpha value is -1.16. The first-order valence-electron chi connectivity index (χ1n) is 5.43. The van der Waals surface area contributed by atoms with E-state index in [9.17, 15) is 4.79 Å². The number of hydrogen-bond acceptors (Lipinski definition) is 3. The fraction of sp³-hybridized carbons (Fsp3) is 0.500. The molecule has 1 atom stereocenters. The molecular formula is C12H16N2OS. The second-order valence-corrected chi connectivity index (χ2v) is 5.50. The Bertz CT molecular complexity index is 425. The number of aromatic nitrogens is 1. The molecule has 1 amide bonds. The van der Waals surface area contributed by atoms with Crippen LogP contribution in [0.25, 0.3) is 0 Å². The molecule has 1 aliphatic rings. The molecule has 0 N–H and O–H groups in total. The van der Waals surface area contributed by atoms with Gasteiger partial charge in [-0.1, -0.05) is 6.08 Å². The molecule has 86 valence electrons. The first-order valence-corrected chi connectivity index (χ1v) is 6.25. The molecule has 4 heteroatoms. The van der Waals surface area contributed by atoms with Gasteiger partial charge in [0.15, 0.2) is 0 Å². The highest BCUT2D eigenvalue weighted by molar-refractivity contribution is 7.11. The summed E-state index contributed by atoms with van der Waals surface area (Å²) in [4.78, 5) is 19.2. The standard InChI is InChI=1S/C12H16N2OS/c1-4-10-5-12(15)14(6-10)7-11-8(2)13-9(3)16-11/h4,10H,1,5-7H2,2-3H3. The lowest BCUT2D eigenvalue weighted by Crippen LogP contribution is -2.24. The number of carbonyl (C=O) groups excluding carboxylic acids is 1. The molecule has 0 radical (unpaired) electrons. The third-order valence-electron chi connectivity index (χ3n) is 2.91. The van der Waals surface area contributed by atoms with Gasteiger partial charge in [-0.2, -0.15) is 0 Å². The van der Waals surface area contributed by atoms with E-state index in [1.54, 1.807) is 11.3 Å². The van der Waals surface area contributed by atoms with Gasteiger partial charge in [-0.05, 0) is 13.8 Å². The second-order valence-electron chi connectivity index (χ2n) is 4.22. The molecule has 2 rings (SSSR count). The van der Waals surface area contributed by atoms with Crippen LogP contribution in [0, 0.1) is 19.8 Å². The summed E-state index contributed by atoms with van der Waals surface area (Å²) < 4.78 is 0. The van der Waals surface area contributed by atoms with E-state index < -0.39 is 0 Å². The summed E-state index contributed by atoms with van der Waals surface area (Å²) >= 11 is 1.68. The molecule has 1 aromatic rings. The molecule has 1 unspecified atom stereocenters. The van der Waals surface area contributed by atoms with Gasteiger partial charge in [-0.3, -0.25) is 4.79 Å². The van der Waals surface area contributed by atoms with E-state index in [-0.39, 0.29) is 5.91 Å². The van der Waals surface area contributed by atoms with Crippen molar-refractivity contribution in [3.05, 3.63) is 28.2 Å². The third kappa shape index (κ3) is 2.16. The monoisotopic (exact) mass is 236 g/mol. The maximum absolute atomic E-state index is 11.7. The van der Waals surface area contributed by atoms with E-state index in [1.165, 1.54) is 4.88 Å². The van der Waals surface area contributed by atoms with Crippen molar-refractivity contribution in [1.82, 2.24) is 9.88 Å². The zero-order chi connectivity index (χ0) is 11.7. The Morgan fingerprint density at radius 2 is 2.38 bits per heavy atom. The Morgan fingerprint density at radius 3 is 2.88 bits per heavy atom. The van der Waals surface area contributed by atoms with Crippen molar-refractivity contribution < 1.29 is 4.79 Å². The smallest absolute Gasteiger partial charge is 0.223 e. The van der Waals surface area contributed by atoms with Crippen LogP contribution in [0.1, 0.15) is 22.0 Å². The predicted octanol–water partition coefficient (Wildman–Crippen LogP) is 2.29. The van der Waals surface area contributed by atoms with Gasteiger partial charge in [-0.25, -0.2) is 4.98 Å². The number of nitrogens with zero attached hydrogens (tertiary/aromatic N) is 2. The van der Waals surface area contributed by atoms with Crippen LogP contribution in [0.5, 0.6) is 0 Å². The highest BCUT2D eigenvalue weighted by atomic mass is 32.1. The predicted molar refractivity (Wildman–Crippen MR) is 65.3 cm³/mol. The Labute approximate surface area is 99.8 Å². The van der Waals surface area contributed by atoms with Gasteiger partial charge in [0.25, 0.3) is 0 Å². The summed E-state index contributed by atoms with van der Waals surface area (Å²) in [6, 6.07) is 0. The average molecular weight is 236 g/mol. The first-order chi connectivity index (χ1) is 7.60. The quantitative estimate of drug-likeness (QED) is 0.754. The van der Waals surface area contributed by atoms with Crippen LogP contribution in [0.4, 0.5) is 0 Å². The SMILES string of the molecule is C=CC1CC(=O)N(Cc2sc(C)nc2C)C1. The van der Waals surface area contributed by atoms with Crippen molar-refractivity contribution in [1.29, 1.82) is 0 Å². The van der Waals surface area contributed by atoms with Crippen LogP contribution in [-0.2, 0) is 11.3 Å².